The van der Waals surface area contributed by atoms with Crippen molar-refractivity contribution in [3.05, 3.63) is 51.6 Å². The SMILES string of the molecule is CC[C@@]1(O)C[C@H](O[C@H]2C[C@H](O)[C@H](O[C@H]3C[C@H](O)[C@H](O[C@H]4C[C@H](O)[C@H](O)[C@H](C)O4)[C@H](C)O3)[C@H](C)O2)c2c(O)c3c(c(O)c2[C@H]1O)C(=O)c1cccc(O)c1C3=O. The standard InChI is InChI=1S/C38H48O17/c1-5-38(49)12-21(26-29(37(38)48)34(47)27-28(33(26)46)32(45)25-16(31(27)44)7-6-8-17(25)39)53-22-10-19(41)35(14(3)51-22)55-24-11-20(42)36(15(4)52-24)54-23-9-18(40)30(43)13(2)50-23/h6-8,13-15,18-24,30,35-37,39-43,46-49H,5,9-12H2,1-4H3/t13-,14-,15-,18-,19-,20-,21-,22-,23-,24-,30+,35+,36+,37+,38+/m0/s1. The number of ketones is 2. The fourth-order valence-corrected chi connectivity index (χ4v) is 8.55. The number of aromatic hydroxyl groups is 3. The van der Waals surface area contributed by atoms with Gasteiger partial charge in [0.1, 0.15) is 41.7 Å². The molecule has 3 saturated heterocycles. The molecule has 0 amide bonds. The van der Waals surface area contributed by atoms with Crippen LogP contribution in [0.25, 0.3) is 0 Å². The Morgan fingerprint density at radius 2 is 1.20 bits per heavy atom. The summed E-state index contributed by atoms with van der Waals surface area (Å²) in [5, 5.41) is 99.0. The summed E-state index contributed by atoms with van der Waals surface area (Å²) in [6, 6.07) is 3.83. The van der Waals surface area contributed by atoms with E-state index in [0.717, 1.165) is 0 Å². The molecule has 15 atom stereocenters. The number of hydrogen-bond donors (Lipinski definition) is 9. The number of carbonyl (C=O) groups excluding carboxylic acids is 2. The van der Waals surface area contributed by atoms with E-state index >= 15 is 0 Å². The lowest BCUT2D eigenvalue weighted by Crippen LogP contribution is -2.56. The van der Waals surface area contributed by atoms with Gasteiger partial charge in [-0.25, -0.2) is 0 Å². The third-order valence-corrected chi connectivity index (χ3v) is 11.6. The molecule has 2 aromatic rings. The van der Waals surface area contributed by atoms with Crippen LogP contribution in [0.4, 0.5) is 0 Å². The Bertz CT molecular complexity index is 1780. The Balaban J connectivity index is 1.07. The van der Waals surface area contributed by atoms with Crippen molar-refractivity contribution in [2.45, 2.75) is 151 Å². The molecule has 7 rings (SSSR count). The fourth-order valence-electron chi connectivity index (χ4n) is 8.55. The number of ether oxygens (including phenoxy) is 6. The summed E-state index contributed by atoms with van der Waals surface area (Å²) in [4.78, 5) is 27.3. The molecule has 9 N–H and O–H groups in total. The first kappa shape index (κ1) is 39.9. The van der Waals surface area contributed by atoms with Crippen molar-refractivity contribution in [3.8, 4) is 17.2 Å². The molecule has 3 heterocycles. The van der Waals surface area contributed by atoms with E-state index in [1.807, 2.05) is 0 Å². The van der Waals surface area contributed by atoms with E-state index in [2.05, 4.69) is 0 Å². The zero-order chi connectivity index (χ0) is 39.8. The fraction of sp³-hybridized carbons (Fsp3) is 0.632. The maximum atomic E-state index is 13.7. The van der Waals surface area contributed by atoms with Crippen molar-refractivity contribution in [1.82, 2.24) is 0 Å². The number of carbonyl (C=O) groups is 2. The molecule has 0 spiro atoms. The second-order valence-electron chi connectivity index (χ2n) is 15.2. The second kappa shape index (κ2) is 14.9. The van der Waals surface area contributed by atoms with Crippen LogP contribution in [-0.2, 0) is 28.4 Å². The highest BCUT2D eigenvalue weighted by molar-refractivity contribution is 6.31. The number of phenolic OH excluding ortho intramolecular Hbond substituents is 3. The number of aliphatic hydroxyl groups is 6. The van der Waals surface area contributed by atoms with Gasteiger partial charge in [0.15, 0.2) is 24.7 Å². The van der Waals surface area contributed by atoms with Crippen molar-refractivity contribution in [2.24, 2.45) is 0 Å². The third kappa shape index (κ3) is 6.83. The highest BCUT2D eigenvalue weighted by Gasteiger charge is 2.52. The van der Waals surface area contributed by atoms with Crippen LogP contribution in [0, 0.1) is 0 Å². The maximum absolute atomic E-state index is 13.7. The summed E-state index contributed by atoms with van der Waals surface area (Å²) in [6.45, 7) is 6.45. The Hall–Kier alpha value is -3.30. The predicted octanol–water partition coefficient (Wildman–Crippen LogP) is 0.833. The van der Waals surface area contributed by atoms with Crippen LogP contribution in [0.15, 0.2) is 18.2 Å². The molecule has 3 aliphatic heterocycles. The zero-order valence-corrected chi connectivity index (χ0v) is 30.6. The molecular formula is C38H48O17. The molecule has 0 unspecified atom stereocenters. The van der Waals surface area contributed by atoms with E-state index in [4.69, 9.17) is 28.4 Å². The number of hydrogen-bond acceptors (Lipinski definition) is 17. The number of aliphatic hydroxyl groups excluding tert-OH is 5. The average molecular weight is 777 g/mol. The summed E-state index contributed by atoms with van der Waals surface area (Å²) in [7, 11) is 0. The molecule has 3 fully saturated rings. The molecule has 302 valence electrons. The molecule has 0 saturated carbocycles. The van der Waals surface area contributed by atoms with Gasteiger partial charge >= 0.3 is 0 Å². The van der Waals surface area contributed by atoms with Gasteiger partial charge in [-0.3, -0.25) is 9.59 Å². The number of phenols is 3. The highest BCUT2D eigenvalue weighted by Crippen LogP contribution is 2.56. The predicted molar refractivity (Wildman–Crippen MR) is 184 cm³/mol. The summed E-state index contributed by atoms with van der Waals surface area (Å²) in [6.07, 6.45) is -15.4. The monoisotopic (exact) mass is 776 g/mol. The van der Waals surface area contributed by atoms with Gasteiger partial charge in [0.25, 0.3) is 0 Å². The van der Waals surface area contributed by atoms with Gasteiger partial charge in [0.05, 0.1) is 65.0 Å². The lowest BCUT2D eigenvalue weighted by molar-refractivity contribution is -0.336. The van der Waals surface area contributed by atoms with Gasteiger partial charge in [0, 0.05) is 42.4 Å². The Labute approximate surface area is 315 Å². The molecule has 2 aliphatic carbocycles. The molecule has 0 aromatic heterocycles. The summed E-state index contributed by atoms with van der Waals surface area (Å²) in [5.74, 6) is -3.96. The van der Waals surface area contributed by atoms with Crippen molar-refractivity contribution >= 4 is 11.6 Å². The van der Waals surface area contributed by atoms with E-state index in [-0.39, 0.29) is 48.8 Å². The minimum absolute atomic E-state index is 0.00164. The molecule has 0 bridgehead atoms. The van der Waals surface area contributed by atoms with Gasteiger partial charge < -0.3 is 74.4 Å². The van der Waals surface area contributed by atoms with Crippen LogP contribution in [-0.4, -0.2) is 137 Å². The Morgan fingerprint density at radius 3 is 1.75 bits per heavy atom. The molecule has 2 aromatic carbocycles. The van der Waals surface area contributed by atoms with Crippen molar-refractivity contribution in [3.63, 3.8) is 0 Å². The summed E-state index contributed by atoms with van der Waals surface area (Å²) >= 11 is 0. The van der Waals surface area contributed by atoms with Gasteiger partial charge in [-0.2, -0.15) is 0 Å². The average Bonchev–Trinajstić information content (AvgIpc) is 3.12. The van der Waals surface area contributed by atoms with Crippen LogP contribution in [0.5, 0.6) is 17.2 Å². The van der Waals surface area contributed by atoms with E-state index in [1.54, 1.807) is 27.7 Å². The van der Waals surface area contributed by atoms with E-state index in [0.29, 0.717) is 0 Å². The number of rotatable bonds is 7. The molecule has 5 aliphatic rings. The summed E-state index contributed by atoms with van der Waals surface area (Å²) in [5.41, 5.74) is -4.37. The number of benzene rings is 2. The van der Waals surface area contributed by atoms with E-state index in [1.165, 1.54) is 18.2 Å². The van der Waals surface area contributed by atoms with Crippen LogP contribution in [0.1, 0.15) is 115 Å². The zero-order valence-electron chi connectivity index (χ0n) is 30.6. The summed E-state index contributed by atoms with van der Waals surface area (Å²) < 4.78 is 36.0. The Morgan fingerprint density at radius 1 is 0.691 bits per heavy atom. The normalized spacial score (nSPS) is 40.3. The molecule has 17 heteroatoms. The van der Waals surface area contributed by atoms with Crippen LogP contribution in [0.2, 0.25) is 0 Å². The molecule has 17 nitrogen and oxygen atoms in total. The van der Waals surface area contributed by atoms with Crippen molar-refractivity contribution in [1.29, 1.82) is 0 Å². The first-order chi connectivity index (χ1) is 25.9. The van der Waals surface area contributed by atoms with Crippen LogP contribution >= 0.6 is 0 Å². The second-order valence-corrected chi connectivity index (χ2v) is 15.2. The lowest BCUT2D eigenvalue weighted by atomic mass is 9.70. The first-order valence-electron chi connectivity index (χ1n) is 18.5. The van der Waals surface area contributed by atoms with Gasteiger partial charge in [-0.15, -0.1) is 0 Å². The number of fused-ring (bicyclic) bond motifs is 3. The smallest absolute Gasteiger partial charge is 0.202 e. The first-order valence-corrected chi connectivity index (χ1v) is 18.5. The molecule has 0 radical (unpaired) electrons. The minimum atomic E-state index is -1.93. The van der Waals surface area contributed by atoms with Gasteiger partial charge in [-0.05, 0) is 33.3 Å². The van der Waals surface area contributed by atoms with Gasteiger partial charge in [0.2, 0.25) is 5.78 Å². The molecular weight excluding hydrogens is 728 g/mol. The maximum Gasteiger partial charge on any atom is 0.202 e. The quantitative estimate of drug-likeness (QED) is 0.150. The third-order valence-electron chi connectivity index (χ3n) is 11.6. The van der Waals surface area contributed by atoms with E-state index < -0.39 is 137 Å². The van der Waals surface area contributed by atoms with Crippen molar-refractivity contribution < 1.29 is 84.0 Å². The lowest BCUT2D eigenvalue weighted by Gasteiger charge is -2.46. The molecule has 55 heavy (non-hydrogen) atoms. The van der Waals surface area contributed by atoms with Crippen molar-refractivity contribution in [2.75, 3.05) is 0 Å². The largest absolute Gasteiger partial charge is 0.507 e. The van der Waals surface area contributed by atoms with Gasteiger partial charge in [-0.1, -0.05) is 19.1 Å². The van der Waals surface area contributed by atoms with Crippen LogP contribution < -0.4 is 0 Å². The van der Waals surface area contributed by atoms with E-state index in [9.17, 15) is 55.5 Å². The Kier molecular flexibility index (Phi) is 10.8. The highest BCUT2D eigenvalue weighted by atomic mass is 16.7. The minimum Gasteiger partial charge on any atom is -0.507 e. The topological polar surface area (TPSA) is 272 Å². The van der Waals surface area contributed by atoms with Crippen LogP contribution in [0.3, 0.4) is 0 Å².